The Morgan fingerprint density at radius 3 is 2.87 bits per heavy atom. The van der Waals surface area contributed by atoms with Crippen LogP contribution in [0.5, 0.6) is 0 Å². The fourth-order valence-corrected chi connectivity index (χ4v) is 5.19. The zero-order chi connectivity index (χ0) is 21.1. The van der Waals surface area contributed by atoms with Crippen LogP contribution in [0.15, 0.2) is 70.1 Å². The van der Waals surface area contributed by atoms with E-state index < -0.39 is 5.41 Å². The first-order valence-corrected chi connectivity index (χ1v) is 10.4. The number of carbonyl (C=O) groups is 1. The van der Waals surface area contributed by atoms with Gasteiger partial charge in [0.1, 0.15) is 0 Å². The molecule has 5 rings (SSSR count). The summed E-state index contributed by atoms with van der Waals surface area (Å²) in [5.74, 6) is -0.0206. The summed E-state index contributed by atoms with van der Waals surface area (Å²) in [7, 11) is 1.99. The second-order valence-electron chi connectivity index (χ2n) is 8.96. The number of nitrogens with one attached hydrogen (secondary N) is 2. The van der Waals surface area contributed by atoms with E-state index in [-0.39, 0.29) is 17.6 Å². The third-order valence-corrected chi connectivity index (χ3v) is 6.50. The SMILES string of the molecule is CC[C@@]1(c2cccc(-c3cncn3C)c2)C2=CN=NC2NC2=C1C(=O)NC(C)(C)C2. The highest BCUT2D eigenvalue weighted by molar-refractivity contribution is 6.00. The number of imidazole rings is 1. The van der Waals surface area contributed by atoms with Crippen molar-refractivity contribution in [1.29, 1.82) is 0 Å². The summed E-state index contributed by atoms with van der Waals surface area (Å²) >= 11 is 0. The molecule has 0 aliphatic carbocycles. The van der Waals surface area contributed by atoms with Crippen LogP contribution in [0.2, 0.25) is 0 Å². The number of carbonyl (C=O) groups excluding carboxylic acids is 1. The van der Waals surface area contributed by atoms with Crippen molar-refractivity contribution in [2.45, 2.75) is 50.7 Å². The summed E-state index contributed by atoms with van der Waals surface area (Å²) in [6.07, 6.45) is 6.73. The molecule has 0 saturated heterocycles. The molecule has 0 bridgehead atoms. The third-order valence-electron chi connectivity index (χ3n) is 6.50. The van der Waals surface area contributed by atoms with E-state index >= 15 is 0 Å². The molecule has 1 aromatic heterocycles. The number of aromatic nitrogens is 2. The smallest absolute Gasteiger partial charge is 0.250 e. The standard InChI is InChI=1S/C23H26N6O/c1-5-23(15-8-6-7-14(9-15)18-12-24-13-29(18)4)16-11-25-28-20(16)26-17-10-22(2,3)27-21(30)19(17)23/h6-9,11-13,20,26H,5,10H2,1-4H3,(H,27,30)/t20?,23-/m1/s1. The summed E-state index contributed by atoms with van der Waals surface area (Å²) in [6.45, 7) is 6.24. The molecule has 0 spiro atoms. The zero-order valence-corrected chi connectivity index (χ0v) is 17.7. The maximum absolute atomic E-state index is 13.4. The van der Waals surface area contributed by atoms with E-state index in [1.807, 2.05) is 24.0 Å². The number of azo groups is 1. The van der Waals surface area contributed by atoms with Crippen molar-refractivity contribution in [2.75, 3.05) is 0 Å². The molecule has 30 heavy (non-hydrogen) atoms. The molecule has 7 nitrogen and oxygen atoms in total. The zero-order valence-electron chi connectivity index (χ0n) is 17.7. The number of hydrogen-bond donors (Lipinski definition) is 2. The molecule has 3 aliphatic heterocycles. The summed E-state index contributed by atoms with van der Waals surface area (Å²) in [6, 6.07) is 8.43. The van der Waals surface area contributed by atoms with Gasteiger partial charge >= 0.3 is 0 Å². The van der Waals surface area contributed by atoms with Crippen LogP contribution in [0, 0.1) is 0 Å². The van der Waals surface area contributed by atoms with E-state index in [0.717, 1.165) is 46.5 Å². The highest BCUT2D eigenvalue weighted by Gasteiger charge is 2.53. The van der Waals surface area contributed by atoms with Crippen molar-refractivity contribution in [2.24, 2.45) is 17.3 Å². The first-order chi connectivity index (χ1) is 14.4. The second-order valence-corrected chi connectivity index (χ2v) is 8.96. The minimum absolute atomic E-state index is 0.0206. The first-order valence-electron chi connectivity index (χ1n) is 10.4. The van der Waals surface area contributed by atoms with Crippen LogP contribution < -0.4 is 10.6 Å². The molecule has 4 heterocycles. The lowest BCUT2D eigenvalue weighted by Gasteiger charge is -2.48. The molecule has 7 heteroatoms. The van der Waals surface area contributed by atoms with Gasteiger partial charge in [-0.15, -0.1) is 0 Å². The highest BCUT2D eigenvalue weighted by atomic mass is 16.2. The Bertz CT molecular complexity index is 1140. The summed E-state index contributed by atoms with van der Waals surface area (Å²) in [5.41, 5.74) is 5.09. The van der Waals surface area contributed by atoms with E-state index in [9.17, 15) is 4.79 Å². The Morgan fingerprint density at radius 2 is 2.13 bits per heavy atom. The molecule has 0 fully saturated rings. The fourth-order valence-electron chi connectivity index (χ4n) is 5.19. The maximum atomic E-state index is 13.4. The van der Waals surface area contributed by atoms with Gasteiger partial charge in [-0.25, -0.2) is 4.98 Å². The Hall–Kier alpha value is -3.22. The summed E-state index contributed by atoms with van der Waals surface area (Å²) in [4.78, 5) is 17.7. The van der Waals surface area contributed by atoms with Crippen LogP contribution in [-0.4, -0.2) is 27.2 Å². The molecule has 0 radical (unpaired) electrons. The van der Waals surface area contributed by atoms with Crippen molar-refractivity contribution < 1.29 is 4.79 Å². The molecule has 2 aromatic rings. The average molecular weight is 403 g/mol. The number of hydrogen-bond acceptors (Lipinski definition) is 5. The van der Waals surface area contributed by atoms with Crippen LogP contribution in [-0.2, 0) is 17.3 Å². The van der Waals surface area contributed by atoms with Crippen LogP contribution >= 0.6 is 0 Å². The molecule has 1 amide bonds. The van der Waals surface area contributed by atoms with Gasteiger partial charge in [0, 0.05) is 35.8 Å². The lowest BCUT2D eigenvalue weighted by Crippen LogP contribution is -2.58. The van der Waals surface area contributed by atoms with E-state index in [1.54, 1.807) is 6.33 Å². The Balaban J connectivity index is 1.75. The van der Waals surface area contributed by atoms with Crippen molar-refractivity contribution in [3.8, 4) is 11.3 Å². The van der Waals surface area contributed by atoms with Crippen molar-refractivity contribution >= 4 is 5.91 Å². The second kappa shape index (κ2) is 6.39. The van der Waals surface area contributed by atoms with Gasteiger partial charge in [-0.05, 0) is 31.9 Å². The van der Waals surface area contributed by atoms with Crippen LogP contribution in [0.3, 0.4) is 0 Å². The topological polar surface area (TPSA) is 83.7 Å². The lowest BCUT2D eigenvalue weighted by molar-refractivity contribution is -0.120. The van der Waals surface area contributed by atoms with Gasteiger partial charge < -0.3 is 15.2 Å². The Morgan fingerprint density at radius 1 is 1.30 bits per heavy atom. The van der Waals surface area contributed by atoms with Crippen LogP contribution in [0.1, 0.15) is 39.2 Å². The van der Waals surface area contributed by atoms with Gasteiger partial charge in [-0.1, -0.05) is 25.1 Å². The summed E-state index contributed by atoms with van der Waals surface area (Å²) in [5, 5.41) is 15.3. The van der Waals surface area contributed by atoms with Gasteiger partial charge in [-0.2, -0.15) is 10.2 Å². The van der Waals surface area contributed by atoms with Gasteiger partial charge in [0.15, 0.2) is 6.17 Å². The van der Waals surface area contributed by atoms with Crippen molar-refractivity contribution in [1.82, 2.24) is 20.2 Å². The number of amides is 1. The maximum Gasteiger partial charge on any atom is 0.250 e. The summed E-state index contributed by atoms with van der Waals surface area (Å²) < 4.78 is 2.00. The van der Waals surface area contributed by atoms with E-state index in [0.29, 0.717) is 0 Å². The molecule has 3 aliphatic rings. The average Bonchev–Trinajstić information content (AvgIpc) is 3.34. The predicted molar refractivity (Wildman–Crippen MR) is 114 cm³/mol. The lowest BCUT2D eigenvalue weighted by atomic mass is 9.62. The van der Waals surface area contributed by atoms with Gasteiger partial charge in [0.05, 0.1) is 35.4 Å². The third kappa shape index (κ3) is 2.57. The predicted octanol–water partition coefficient (Wildman–Crippen LogP) is 3.57. The number of rotatable bonds is 3. The van der Waals surface area contributed by atoms with Crippen molar-refractivity contribution in [3.63, 3.8) is 0 Å². The molecular formula is C23H26N6O. The Kier molecular flexibility index (Phi) is 4.00. The number of benzene rings is 1. The van der Waals surface area contributed by atoms with Crippen LogP contribution in [0.25, 0.3) is 11.3 Å². The Labute approximate surface area is 176 Å². The van der Waals surface area contributed by atoms with E-state index in [2.05, 4.69) is 70.9 Å². The quantitative estimate of drug-likeness (QED) is 0.823. The first kappa shape index (κ1) is 18.8. The molecule has 2 atom stereocenters. The van der Waals surface area contributed by atoms with E-state index in [4.69, 9.17) is 0 Å². The monoisotopic (exact) mass is 402 g/mol. The van der Waals surface area contributed by atoms with Crippen LogP contribution in [0.4, 0.5) is 0 Å². The van der Waals surface area contributed by atoms with Gasteiger partial charge in [0.2, 0.25) is 0 Å². The van der Waals surface area contributed by atoms with Gasteiger partial charge in [0.25, 0.3) is 5.91 Å². The van der Waals surface area contributed by atoms with Crippen molar-refractivity contribution in [3.05, 3.63) is 65.4 Å². The molecule has 154 valence electrons. The fraction of sp³-hybridized carbons (Fsp3) is 0.391. The molecule has 2 N–H and O–H groups in total. The normalized spacial score (nSPS) is 26.6. The molecule has 0 saturated carbocycles. The largest absolute Gasteiger partial charge is 0.362 e. The molecule has 1 aromatic carbocycles. The number of nitrogens with zero attached hydrogens (tertiary/aromatic N) is 4. The highest BCUT2D eigenvalue weighted by Crippen LogP contribution is 2.51. The number of fused-ring (bicyclic) bond motifs is 1. The van der Waals surface area contributed by atoms with E-state index in [1.165, 1.54) is 0 Å². The number of aryl methyl sites for hydroxylation is 1. The molecule has 1 unspecified atom stereocenters. The minimum Gasteiger partial charge on any atom is -0.362 e. The molecular weight excluding hydrogens is 376 g/mol. The van der Waals surface area contributed by atoms with Gasteiger partial charge in [-0.3, -0.25) is 4.79 Å². The minimum atomic E-state index is -0.579.